The van der Waals surface area contributed by atoms with E-state index in [-0.39, 0.29) is 17.3 Å². The zero-order chi connectivity index (χ0) is 20.6. The first kappa shape index (κ1) is 19.4. The molecule has 0 saturated carbocycles. The van der Waals surface area contributed by atoms with Crippen molar-refractivity contribution in [1.82, 2.24) is 20.1 Å². The third-order valence-corrected chi connectivity index (χ3v) is 5.08. The van der Waals surface area contributed by atoms with Crippen molar-refractivity contribution < 1.29 is 18.3 Å². The highest BCUT2D eigenvalue weighted by Gasteiger charge is 2.31. The van der Waals surface area contributed by atoms with E-state index in [0.29, 0.717) is 22.8 Å². The summed E-state index contributed by atoms with van der Waals surface area (Å²) >= 11 is 0. The number of aromatic hydroxyl groups is 1. The smallest absolute Gasteiger partial charge is 0.416 e. The second kappa shape index (κ2) is 7.47. The van der Waals surface area contributed by atoms with Crippen LogP contribution in [-0.4, -0.2) is 51.4 Å². The first-order valence-corrected chi connectivity index (χ1v) is 9.30. The SMILES string of the molecule is CN1CCCC(Nc2nnc(-c3ccc(C(F)(F)F)cc3O)c3cccnc23)C1. The minimum absolute atomic E-state index is 0.174. The van der Waals surface area contributed by atoms with Crippen molar-refractivity contribution in [3.8, 4) is 17.0 Å². The lowest BCUT2D eigenvalue weighted by atomic mass is 10.0. The number of fused-ring (bicyclic) bond motifs is 1. The van der Waals surface area contributed by atoms with Crippen LogP contribution in [0.4, 0.5) is 19.0 Å². The van der Waals surface area contributed by atoms with Crippen molar-refractivity contribution in [2.24, 2.45) is 0 Å². The summed E-state index contributed by atoms with van der Waals surface area (Å²) in [4.78, 5) is 6.63. The number of phenolic OH excluding ortho intramolecular Hbond substituents is 1. The van der Waals surface area contributed by atoms with Crippen LogP contribution in [-0.2, 0) is 6.18 Å². The molecule has 152 valence electrons. The molecule has 0 spiro atoms. The van der Waals surface area contributed by atoms with Gasteiger partial charge in [0, 0.05) is 29.7 Å². The van der Waals surface area contributed by atoms with E-state index in [1.165, 1.54) is 6.07 Å². The lowest BCUT2D eigenvalue weighted by molar-refractivity contribution is -0.137. The Morgan fingerprint density at radius 1 is 1.21 bits per heavy atom. The summed E-state index contributed by atoms with van der Waals surface area (Å²) in [6.45, 7) is 1.92. The average molecular weight is 403 g/mol. The summed E-state index contributed by atoms with van der Waals surface area (Å²) in [5.74, 6) is 0.0185. The average Bonchev–Trinajstić information content (AvgIpc) is 2.68. The first-order valence-electron chi connectivity index (χ1n) is 9.30. The van der Waals surface area contributed by atoms with Crippen molar-refractivity contribution in [1.29, 1.82) is 0 Å². The van der Waals surface area contributed by atoms with Crippen LogP contribution in [0.5, 0.6) is 5.75 Å². The zero-order valence-corrected chi connectivity index (χ0v) is 15.7. The number of hydrogen-bond donors (Lipinski definition) is 2. The molecule has 1 atom stereocenters. The fraction of sp³-hybridized carbons (Fsp3) is 0.350. The quantitative estimate of drug-likeness (QED) is 0.691. The molecule has 3 heterocycles. The van der Waals surface area contributed by atoms with Crippen LogP contribution in [0.25, 0.3) is 22.2 Å². The van der Waals surface area contributed by atoms with Crippen molar-refractivity contribution >= 4 is 16.7 Å². The first-order chi connectivity index (χ1) is 13.8. The number of nitrogens with one attached hydrogen (secondary N) is 1. The maximum Gasteiger partial charge on any atom is 0.416 e. The van der Waals surface area contributed by atoms with Gasteiger partial charge in [0.05, 0.1) is 5.56 Å². The van der Waals surface area contributed by atoms with Gasteiger partial charge in [-0.05, 0) is 56.8 Å². The number of rotatable bonds is 3. The van der Waals surface area contributed by atoms with Gasteiger partial charge in [0.25, 0.3) is 0 Å². The molecule has 1 saturated heterocycles. The molecule has 4 rings (SSSR count). The van der Waals surface area contributed by atoms with Gasteiger partial charge in [-0.25, -0.2) is 0 Å². The van der Waals surface area contributed by atoms with E-state index >= 15 is 0 Å². The molecule has 0 amide bonds. The van der Waals surface area contributed by atoms with Crippen molar-refractivity contribution in [2.45, 2.75) is 25.1 Å². The lowest BCUT2D eigenvalue weighted by Gasteiger charge is -2.30. The van der Waals surface area contributed by atoms with E-state index in [4.69, 9.17) is 0 Å². The largest absolute Gasteiger partial charge is 0.507 e. The molecular formula is C20H20F3N5O. The molecule has 3 aromatic rings. The van der Waals surface area contributed by atoms with Gasteiger partial charge in [-0.3, -0.25) is 4.98 Å². The van der Waals surface area contributed by atoms with Crippen LogP contribution in [0.15, 0.2) is 36.5 Å². The highest BCUT2D eigenvalue weighted by molar-refractivity contribution is 5.98. The fourth-order valence-corrected chi connectivity index (χ4v) is 3.67. The van der Waals surface area contributed by atoms with E-state index in [9.17, 15) is 18.3 Å². The van der Waals surface area contributed by atoms with Gasteiger partial charge in [0.15, 0.2) is 5.82 Å². The number of hydrogen-bond acceptors (Lipinski definition) is 6. The van der Waals surface area contributed by atoms with Gasteiger partial charge in [-0.1, -0.05) is 0 Å². The molecule has 1 aromatic carbocycles. The standard InChI is InChI=1S/C20H20F3N5O/c1-28-9-3-4-13(11-28)25-19-18-15(5-2-8-24-18)17(26-27-19)14-7-6-12(10-16(14)29)20(21,22)23/h2,5-8,10,13,29H,3-4,9,11H2,1H3,(H,25,27). The van der Waals surface area contributed by atoms with Crippen LogP contribution < -0.4 is 5.32 Å². The second-order valence-corrected chi connectivity index (χ2v) is 7.27. The Morgan fingerprint density at radius 2 is 2.03 bits per heavy atom. The molecule has 9 heteroatoms. The molecule has 2 aromatic heterocycles. The van der Waals surface area contributed by atoms with Gasteiger partial charge in [0.2, 0.25) is 0 Å². The van der Waals surface area contributed by atoms with Crippen LogP contribution in [0.1, 0.15) is 18.4 Å². The Kier molecular flexibility index (Phi) is 4.99. The highest BCUT2D eigenvalue weighted by Crippen LogP contribution is 2.38. The van der Waals surface area contributed by atoms with Crippen LogP contribution in [0.2, 0.25) is 0 Å². The zero-order valence-electron chi connectivity index (χ0n) is 15.7. The normalized spacial score (nSPS) is 18.1. The molecule has 2 N–H and O–H groups in total. The highest BCUT2D eigenvalue weighted by atomic mass is 19.4. The Hall–Kier alpha value is -2.94. The van der Waals surface area contributed by atoms with E-state index in [2.05, 4.69) is 32.4 Å². The van der Waals surface area contributed by atoms with Gasteiger partial charge in [-0.2, -0.15) is 13.2 Å². The van der Waals surface area contributed by atoms with E-state index in [0.717, 1.165) is 32.0 Å². The Labute approximate surface area is 165 Å². The van der Waals surface area contributed by atoms with Gasteiger partial charge in [-0.15, -0.1) is 10.2 Å². The molecule has 1 unspecified atom stereocenters. The molecule has 1 aliphatic heterocycles. The van der Waals surface area contributed by atoms with E-state index in [1.807, 2.05) is 0 Å². The van der Waals surface area contributed by atoms with Crippen molar-refractivity contribution in [2.75, 3.05) is 25.5 Å². The lowest BCUT2D eigenvalue weighted by Crippen LogP contribution is -2.40. The molecular weight excluding hydrogens is 383 g/mol. The number of phenols is 1. The molecule has 0 radical (unpaired) electrons. The summed E-state index contributed by atoms with van der Waals surface area (Å²) in [5.41, 5.74) is 0.0944. The molecule has 6 nitrogen and oxygen atoms in total. The van der Waals surface area contributed by atoms with Crippen LogP contribution in [0.3, 0.4) is 0 Å². The topological polar surface area (TPSA) is 74.2 Å². The van der Waals surface area contributed by atoms with Gasteiger partial charge in [0.1, 0.15) is 17.0 Å². The molecule has 0 aliphatic carbocycles. The number of alkyl halides is 3. The summed E-state index contributed by atoms with van der Waals surface area (Å²) in [5, 5.41) is 22.7. The minimum Gasteiger partial charge on any atom is -0.507 e. The van der Waals surface area contributed by atoms with Gasteiger partial charge >= 0.3 is 6.18 Å². The van der Waals surface area contributed by atoms with Crippen molar-refractivity contribution in [3.05, 3.63) is 42.1 Å². The number of aromatic nitrogens is 3. The second-order valence-electron chi connectivity index (χ2n) is 7.27. The monoisotopic (exact) mass is 403 g/mol. The predicted molar refractivity (Wildman–Crippen MR) is 104 cm³/mol. The summed E-state index contributed by atoms with van der Waals surface area (Å²) in [7, 11) is 2.06. The van der Waals surface area contributed by atoms with Crippen LogP contribution >= 0.6 is 0 Å². The summed E-state index contributed by atoms with van der Waals surface area (Å²) < 4.78 is 38.7. The van der Waals surface area contributed by atoms with Crippen LogP contribution in [0, 0.1) is 0 Å². The predicted octanol–water partition coefficient (Wildman–Crippen LogP) is 3.92. The maximum atomic E-state index is 12.9. The van der Waals surface area contributed by atoms with E-state index in [1.54, 1.807) is 18.3 Å². The number of piperidine rings is 1. The number of pyridine rings is 1. The number of likely N-dealkylation sites (tertiary alicyclic amines) is 1. The third-order valence-electron chi connectivity index (χ3n) is 5.08. The molecule has 1 aliphatic rings. The third kappa shape index (κ3) is 3.95. The maximum absolute atomic E-state index is 12.9. The number of benzene rings is 1. The Balaban J connectivity index is 1.74. The number of nitrogens with zero attached hydrogens (tertiary/aromatic N) is 4. The van der Waals surface area contributed by atoms with Crippen molar-refractivity contribution in [3.63, 3.8) is 0 Å². The molecule has 0 bridgehead atoms. The molecule has 1 fully saturated rings. The minimum atomic E-state index is -4.54. The Morgan fingerprint density at radius 3 is 2.76 bits per heavy atom. The summed E-state index contributed by atoms with van der Waals surface area (Å²) in [6.07, 6.45) is -0.836. The van der Waals surface area contributed by atoms with E-state index < -0.39 is 17.5 Å². The summed E-state index contributed by atoms with van der Waals surface area (Å²) in [6, 6.07) is 6.51. The molecule has 29 heavy (non-hydrogen) atoms. The number of halogens is 3. The number of anilines is 1. The Bertz CT molecular complexity index is 1040. The number of likely N-dealkylation sites (N-methyl/N-ethyl adjacent to an activating group) is 1. The fourth-order valence-electron chi connectivity index (χ4n) is 3.67. The van der Waals surface area contributed by atoms with Gasteiger partial charge < -0.3 is 15.3 Å².